The molecule has 172 valence electrons. The molecule has 2 amide bonds. The van der Waals surface area contributed by atoms with E-state index >= 15 is 0 Å². The average Bonchev–Trinajstić information content (AvgIpc) is 3.31. The van der Waals surface area contributed by atoms with Gasteiger partial charge >= 0.3 is 0 Å². The van der Waals surface area contributed by atoms with Crippen LogP contribution >= 0.6 is 0 Å². The first-order valence-electron chi connectivity index (χ1n) is 11.2. The smallest absolute Gasteiger partial charge is 0.250 e. The number of piperidine rings is 1. The number of benzene rings is 2. The van der Waals surface area contributed by atoms with Crippen LogP contribution in [0.4, 0.5) is 5.95 Å². The van der Waals surface area contributed by atoms with Crippen LogP contribution in [0.2, 0.25) is 0 Å². The number of carbonyl (C=O) groups is 2. The molecule has 1 atom stereocenters. The number of para-hydroxylation sites is 1. The van der Waals surface area contributed by atoms with E-state index in [1.54, 1.807) is 4.68 Å². The van der Waals surface area contributed by atoms with Crippen molar-refractivity contribution in [1.29, 1.82) is 0 Å². The lowest BCUT2D eigenvalue weighted by Crippen LogP contribution is -2.52. The zero-order valence-corrected chi connectivity index (χ0v) is 18.9. The Hall–Kier alpha value is -3.75. The molecule has 1 aliphatic rings. The molecule has 3 aromatic rings. The molecule has 1 aliphatic heterocycles. The fourth-order valence-electron chi connectivity index (χ4n) is 4.16. The molecule has 0 aliphatic carbocycles. The molecule has 1 aromatic heterocycles. The molecule has 4 rings (SSSR count). The Morgan fingerprint density at radius 2 is 1.76 bits per heavy atom. The molecule has 9 heteroatoms. The van der Waals surface area contributed by atoms with E-state index in [9.17, 15) is 9.59 Å². The lowest BCUT2D eigenvalue weighted by Gasteiger charge is -2.33. The van der Waals surface area contributed by atoms with Gasteiger partial charge in [0.25, 0.3) is 0 Å². The van der Waals surface area contributed by atoms with E-state index in [0.717, 1.165) is 42.7 Å². The van der Waals surface area contributed by atoms with Crippen LogP contribution < -0.4 is 15.5 Å². The van der Waals surface area contributed by atoms with Gasteiger partial charge < -0.3 is 15.5 Å². The minimum Gasteiger partial charge on any atom is -0.351 e. The van der Waals surface area contributed by atoms with E-state index in [2.05, 4.69) is 31.1 Å². The first kappa shape index (κ1) is 22.4. The van der Waals surface area contributed by atoms with Crippen LogP contribution in [0.3, 0.4) is 0 Å². The van der Waals surface area contributed by atoms with Crippen molar-refractivity contribution in [2.75, 3.05) is 18.0 Å². The van der Waals surface area contributed by atoms with Crippen molar-refractivity contribution in [3.63, 3.8) is 0 Å². The first-order chi connectivity index (χ1) is 16.0. The zero-order chi connectivity index (χ0) is 23.2. The zero-order valence-electron chi connectivity index (χ0n) is 18.9. The molecule has 33 heavy (non-hydrogen) atoms. The second kappa shape index (κ2) is 10.2. The van der Waals surface area contributed by atoms with Gasteiger partial charge in [0.15, 0.2) is 0 Å². The van der Waals surface area contributed by atoms with Gasteiger partial charge in [-0.25, -0.2) is 0 Å². The van der Waals surface area contributed by atoms with Gasteiger partial charge in [0.1, 0.15) is 6.04 Å². The Labute approximate surface area is 193 Å². The summed E-state index contributed by atoms with van der Waals surface area (Å²) in [5.74, 6) is 0.328. The quantitative estimate of drug-likeness (QED) is 0.572. The van der Waals surface area contributed by atoms with Gasteiger partial charge in [-0.3, -0.25) is 9.59 Å². The molecule has 9 nitrogen and oxygen atoms in total. The third-order valence-corrected chi connectivity index (χ3v) is 5.96. The maximum absolute atomic E-state index is 13.0. The van der Waals surface area contributed by atoms with Gasteiger partial charge in [0.05, 0.1) is 5.69 Å². The molecule has 1 saturated heterocycles. The molecule has 2 aromatic carbocycles. The first-order valence-corrected chi connectivity index (χ1v) is 11.2. The predicted molar refractivity (Wildman–Crippen MR) is 125 cm³/mol. The Morgan fingerprint density at radius 3 is 2.45 bits per heavy atom. The van der Waals surface area contributed by atoms with Crippen LogP contribution in [0.25, 0.3) is 5.69 Å². The van der Waals surface area contributed by atoms with Crippen LogP contribution in [0, 0.1) is 6.92 Å². The van der Waals surface area contributed by atoms with E-state index in [4.69, 9.17) is 0 Å². The number of aromatic nitrogens is 4. The van der Waals surface area contributed by atoms with E-state index < -0.39 is 6.04 Å². The Bertz CT molecular complexity index is 1090. The number of aryl methyl sites for hydroxylation is 1. The topological polar surface area (TPSA) is 105 Å². The Kier molecular flexibility index (Phi) is 6.97. The highest BCUT2D eigenvalue weighted by atomic mass is 16.2. The number of nitrogens with one attached hydrogen (secondary N) is 2. The van der Waals surface area contributed by atoms with Gasteiger partial charge in [-0.05, 0) is 53.5 Å². The van der Waals surface area contributed by atoms with E-state index in [0.29, 0.717) is 12.4 Å². The number of carbonyl (C=O) groups excluding carboxylic acids is 2. The summed E-state index contributed by atoms with van der Waals surface area (Å²) in [6.07, 6.45) is 2.00. The lowest BCUT2D eigenvalue weighted by molar-refractivity contribution is -0.128. The molecular formula is C24H29N7O2. The molecule has 0 saturated carbocycles. The number of tetrazole rings is 1. The summed E-state index contributed by atoms with van der Waals surface area (Å²) < 4.78 is 1.73. The summed E-state index contributed by atoms with van der Waals surface area (Å²) in [4.78, 5) is 26.9. The Morgan fingerprint density at radius 1 is 1.06 bits per heavy atom. The summed E-state index contributed by atoms with van der Waals surface area (Å²) in [7, 11) is 0. The molecule has 1 fully saturated rings. The monoisotopic (exact) mass is 447 g/mol. The van der Waals surface area contributed by atoms with Gasteiger partial charge in [-0.2, -0.15) is 4.68 Å². The third-order valence-electron chi connectivity index (χ3n) is 5.96. The minimum atomic E-state index is -0.605. The predicted octanol–water partition coefficient (Wildman–Crippen LogP) is 1.80. The largest absolute Gasteiger partial charge is 0.351 e. The Balaban J connectivity index is 1.37. The highest BCUT2D eigenvalue weighted by Gasteiger charge is 2.27. The maximum atomic E-state index is 13.0. The van der Waals surface area contributed by atoms with Gasteiger partial charge in [0, 0.05) is 32.5 Å². The normalized spacial score (nSPS) is 15.2. The van der Waals surface area contributed by atoms with Crippen molar-refractivity contribution >= 4 is 17.8 Å². The second-order valence-electron chi connectivity index (χ2n) is 8.38. The summed E-state index contributed by atoms with van der Waals surface area (Å²) in [5.41, 5.74) is 3.06. The number of rotatable bonds is 7. The van der Waals surface area contributed by atoms with Crippen LogP contribution in [-0.2, 0) is 16.0 Å². The number of anilines is 1. The van der Waals surface area contributed by atoms with E-state index in [1.807, 2.05) is 61.5 Å². The van der Waals surface area contributed by atoms with Crippen LogP contribution in [0.5, 0.6) is 0 Å². The fourth-order valence-corrected chi connectivity index (χ4v) is 4.16. The molecule has 2 heterocycles. The van der Waals surface area contributed by atoms with Crippen molar-refractivity contribution in [3.05, 3.63) is 65.7 Å². The molecule has 0 unspecified atom stereocenters. The number of nitrogens with zero attached hydrogens (tertiary/aromatic N) is 5. The summed E-state index contributed by atoms with van der Waals surface area (Å²) in [6.45, 7) is 4.89. The highest BCUT2D eigenvalue weighted by Crippen LogP contribution is 2.20. The maximum Gasteiger partial charge on any atom is 0.250 e. The average molecular weight is 448 g/mol. The van der Waals surface area contributed by atoms with Crippen molar-refractivity contribution < 1.29 is 9.59 Å². The molecule has 0 spiro atoms. The van der Waals surface area contributed by atoms with Crippen LogP contribution in [0.15, 0.2) is 54.6 Å². The number of hydrogen-bond donors (Lipinski definition) is 2. The van der Waals surface area contributed by atoms with E-state index in [-0.39, 0.29) is 17.9 Å². The molecule has 2 N–H and O–H groups in total. The van der Waals surface area contributed by atoms with Crippen molar-refractivity contribution in [3.8, 4) is 5.69 Å². The standard InChI is InChI=1S/C24H29N7O2/c1-17-8-6-7-9-19(17)16-22(25-18(2)32)23(33)26-20-12-14-30(15-13-20)24-27-28-29-31(24)21-10-4-3-5-11-21/h3-11,20,22H,12-16H2,1-2H3,(H,25,32)(H,26,33)/t22-/m1/s1. The number of amides is 2. The molecule has 0 radical (unpaired) electrons. The van der Waals surface area contributed by atoms with Crippen LogP contribution in [-0.4, -0.2) is 57.2 Å². The molecular weight excluding hydrogens is 418 g/mol. The third kappa shape index (κ3) is 5.54. The fraction of sp³-hybridized carbons (Fsp3) is 0.375. The summed E-state index contributed by atoms with van der Waals surface area (Å²) in [6, 6.07) is 17.1. The molecule has 0 bridgehead atoms. The minimum absolute atomic E-state index is 0.0305. The summed E-state index contributed by atoms with van der Waals surface area (Å²) in [5, 5.41) is 18.1. The SMILES string of the molecule is CC(=O)N[C@H](Cc1ccccc1C)C(=O)NC1CCN(c2nnnn2-c2ccccc2)CC1. The summed E-state index contributed by atoms with van der Waals surface area (Å²) >= 11 is 0. The van der Waals surface area contributed by atoms with Gasteiger partial charge in [-0.1, -0.05) is 47.6 Å². The van der Waals surface area contributed by atoms with Gasteiger partial charge in [0.2, 0.25) is 17.8 Å². The van der Waals surface area contributed by atoms with Gasteiger partial charge in [-0.15, -0.1) is 0 Å². The lowest BCUT2D eigenvalue weighted by atomic mass is 9.99. The van der Waals surface area contributed by atoms with Crippen molar-refractivity contribution in [2.24, 2.45) is 0 Å². The highest BCUT2D eigenvalue weighted by molar-refractivity contribution is 5.87. The van der Waals surface area contributed by atoms with Crippen molar-refractivity contribution in [1.82, 2.24) is 30.8 Å². The van der Waals surface area contributed by atoms with E-state index in [1.165, 1.54) is 6.92 Å². The van der Waals surface area contributed by atoms with Crippen LogP contribution in [0.1, 0.15) is 30.9 Å². The second-order valence-corrected chi connectivity index (χ2v) is 8.38. The number of hydrogen-bond acceptors (Lipinski definition) is 6. The van der Waals surface area contributed by atoms with Crippen molar-refractivity contribution in [2.45, 2.75) is 45.2 Å².